The van der Waals surface area contributed by atoms with Crippen LogP contribution in [0.4, 0.5) is 0 Å². The molecule has 112 valence electrons. The molecule has 0 aliphatic carbocycles. The van der Waals surface area contributed by atoms with E-state index in [9.17, 15) is 14.4 Å². The van der Waals surface area contributed by atoms with Gasteiger partial charge >= 0.3 is 17.9 Å². The van der Waals surface area contributed by atoms with Crippen LogP contribution in [0.25, 0.3) is 0 Å². The average Bonchev–Trinajstić information content (AvgIpc) is 2.26. The molecule has 1 heterocycles. The van der Waals surface area contributed by atoms with E-state index in [1.807, 2.05) is 0 Å². The molecule has 0 fully saturated rings. The first kappa shape index (κ1) is 16.2. The summed E-state index contributed by atoms with van der Waals surface area (Å²) in [5.74, 6) is -1.19. The van der Waals surface area contributed by atoms with E-state index in [0.717, 1.165) is 0 Å². The third kappa shape index (κ3) is 6.36. The van der Waals surface area contributed by atoms with Gasteiger partial charge in [0.15, 0.2) is 0 Å². The topological polar surface area (TPSA) is 78.9 Å². The van der Waals surface area contributed by atoms with E-state index >= 15 is 0 Å². The molecule has 1 aliphatic rings. The van der Waals surface area contributed by atoms with Crippen molar-refractivity contribution in [2.75, 3.05) is 0 Å². The van der Waals surface area contributed by atoms with Crippen molar-refractivity contribution in [1.82, 2.24) is 0 Å². The van der Waals surface area contributed by atoms with E-state index in [1.54, 1.807) is 13.0 Å². The molecule has 0 saturated heterocycles. The van der Waals surface area contributed by atoms with Gasteiger partial charge in [-0.05, 0) is 6.92 Å². The minimum absolute atomic E-state index is 0.318. The Kier molecular flexibility index (Phi) is 6.21. The molecule has 1 aliphatic heterocycles. The number of ether oxygens (including phenoxy) is 3. The lowest BCUT2D eigenvalue weighted by Crippen LogP contribution is -2.31. The molecule has 6 nitrogen and oxygen atoms in total. The van der Waals surface area contributed by atoms with Crippen LogP contribution >= 0.6 is 0 Å². The Morgan fingerprint density at radius 1 is 1.35 bits per heavy atom. The number of carbonyl (C=O) groups is 3. The van der Waals surface area contributed by atoms with Crippen molar-refractivity contribution in [3.8, 4) is 0 Å². The van der Waals surface area contributed by atoms with Gasteiger partial charge in [-0.15, -0.1) is 0 Å². The van der Waals surface area contributed by atoms with Crippen molar-refractivity contribution in [2.24, 2.45) is 0 Å². The molecule has 0 spiro atoms. The van der Waals surface area contributed by atoms with Gasteiger partial charge in [0.2, 0.25) is 0 Å². The number of esters is 3. The largest absolute Gasteiger partial charge is 0.463 e. The Bertz CT molecular complexity index is 400. The summed E-state index contributed by atoms with van der Waals surface area (Å²) in [5, 5.41) is 0. The second kappa shape index (κ2) is 7.67. The summed E-state index contributed by atoms with van der Waals surface area (Å²) in [6.45, 7) is 4.37. The summed E-state index contributed by atoms with van der Waals surface area (Å²) in [6, 6.07) is 0. The summed E-state index contributed by atoms with van der Waals surface area (Å²) in [6.07, 6.45) is 3.32. The van der Waals surface area contributed by atoms with Gasteiger partial charge in [-0.3, -0.25) is 9.59 Å². The number of carbonyl (C=O) groups excluding carboxylic acids is 3. The molecule has 0 unspecified atom stereocenters. The Hall–Kier alpha value is -1.85. The number of rotatable bonds is 6. The first-order valence-corrected chi connectivity index (χ1v) is 6.58. The Morgan fingerprint density at radius 3 is 2.55 bits per heavy atom. The summed E-state index contributed by atoms with van der Waals surface area (Å²) >= 11 is 0. The van der Waals surface area contributed by atoms with Gasteiger partial charge in [-0.1, -0.05) is 6.08 Å². The molecule has 1 rings (SSSR count). The van der Waals surface area contributed by atoms with Gasteiger partial charge in [0.05, 0.1) is 0 Å². The number of hydrogen-bond donors (Lipinski definition) is 0. The molecule has 3 atom stereocenters. The zero-order chi connectivity index (χ0) is 15.1. The van der Waals surface area contributed by atoms with E-state index in [1.165, 1.54) is 19.9 Å². The molecule has 0 radical (unpaired) electrons. The average molecular weight is 284 g/mol. The molecule has 0 amide bonds. The smallest absolute Gasteiger partial charge is 0.330 e. The van der Waals surface area contributed by atoms with Crippen molar-refractivity contribution >= 4 is 17.9 Å². The first-order chi connectivity index (χ1) is 9.36. The second-order valence-electron chi connectivity index (χ2n) is 4.82. The fraction of sp³-hybridized carbons (Fsp3) is 0.643. The van der Waals surface area contributed by atoms with Crippen LogP contribution in [0.1, 0.15) is 40.0 Å². The monoisotopic (exact) mass is 284 g/mol. The van der Waals surface area contributed by atoms with Crippen LogP contribution in [0.15, 0.2) is 12.2 Å². The van der Waals surface area contributed by atoms with Crippen molar-refractivity contribution in [1.29, 1.82) is 0 Å². The quantitative estimate of drug-likeness (QED) is 0.543. The van der Waals surface area contributed by atoms with Gasteiger partial charge in [-0.2, -0.15) is 0 Å². The lowest BCUT2D eigenvalue weighted by molar-refractivity contribution is -0.155. The fourth-order valence-electron chi connectivity index (χ4n) is 2.13. The maximum Gasteiger partial charge on any atom is 0.330 e. The molecule has 20 heavy (non-hydrogen) atoms. The highest BCUT2D eigenvalue weighted by Gasteiger charge is 2.25. The summed E-state index contributed by atoms with van der Waals surface area (Å²) < 4.78 is 15.4. The Balaban J connectivity index is 2.55. The molecule has 6 heteroatoms. The van der Waals surface area contributed by atoms with E-state index in [4.69, 9.17) is 14.2 Å². The standard InChI is InChI=1S/C14H20O6/c1-9(18-10(2)15)7-13(19-11(3)16)8-12-5-4-6-14(17)20-12/h4,6,9,12-13H,5,7-8H2,1-3H3/t9-,12-,13-/m1/s1. The van der Waals surface area contributed by atoms with E-state index < -0.39 is 18.0 Å². The van der Waals surface area contributed by atoms with Crippen LogP contribution < -0.4 is 0 Å². The predicted molar refractivity (Wildman–Crippen MR) is 69.7 cm³/mol. The molecule has 0 saturated carbocycles. The Morgan fingerprint density at radius 2 is 2.00 bits per heavy atom. The SMILES string of the molecule is CC(=O)O[C@@H](C[C@H]1CC=CC(=O)O1)C[C@@H](C)OC(C)=O. The van der Waals surface area contributed by atoms with Gasteiger partial charge in [0.25, 0.3) is 0 Å². The summed E-state index contributed by atoms with van der Waals surface area (Å²) in [4.78, 5) is 33.2. The number of cyclic esters (lactones) is 1. The zero-order valence-electron chi connectivity index (χ0n) is 12.0. The van der Waals surface area contributed by atoms with Crippen molar-refractivity contribution < 1.29 is 28.6 Å². The van der Waals surface area contributed by atoms with E-state index in [2.05, 4.69) is 0 Å². The minimum Gasteiger partial charge on any atom is -0.463 e. The van der Waals surface area contributed by atoms with Crippen LogP contribution in [-0.4, -0.2) is 36.2 Å². The molecule has 0 aromatic carbocycles. The van der Waals surface area contributed by atoms with Crippen molar-refractivity contribution in [3.05, 3.63) is 12.2 Å². The van der Waals surface area contributed by atoms with Crippen LogP contribution in [0, 0.1) is 0 Å². The van der Waals surface area contributed by atoms with E-state index in [-0.39, 0.29) is 18.2 Å². The fourth-order valence-corrected chi connectivity index (χ4v) is 2.13. The highest BCUT2D eigenvalue weighted by Crippen LogP contribution is 2.19. The number of hydrogen-bond acceptors (Lipinski definition) is 6. The zero-order valence-corrected chi connectivity index (χ0v) is 12.0. The van der Waals surface area contributed by atoms with E-state index in [0.29, 0.717) is 19.3 Å². The van der Waals surface area contributed by atoms with Gasteiger partial charge < -0.3 is 14.2 Å². The summed E-state index contributed by atoms with van der Waals surface area (Å²) in [5.41, 5.74) is 0. The third-order valence-electron chi connectivity index (χ3n) is 2.76. The molecule has 0 bridgehead atoms. The second-order valence-corrected chi connectivity index (χ2v) is 4.82. The molecule has 0 aromatic rings. The van der Waals surface area contributed by atoms with Gasteiger partial charge in [0, 0.05) is 39.2 Å². The van der Waals surface area contributed by atoms with Gasteiger partial charge in [-0.25, -0.2) is 4.79 Å². The van der Waals surface area contributed by atoms with Crippen LogP contribution in [0.2, 0.25) is 0 Å². The predicted octanol–water partition coefficient (Wildman–Crippen LogP) is 1.52. The summed E-state index contributed by atoms with van der Waals surface area (Å²) in [7, 11) is 0. The first-order valence-electron chi connectivity index (χ1n) is 6.58. The van der Waals surface area contributed by atoms with Crippen LogP contribution in [0.3, 0.4) is 0 Å². The molecule has 0 aromatic heterocycles. The highest BCUT2D eigenvalue weighted by molar-refractivity contribution is 5.82. The molecule has 0 N–H and O–H groups in total. The lowest BCUT2D eigenvalue weighted by atomic mass is 10.0. The maximum absolute atomic E-state index is 11.2. The normalized spacial score (nSPS) is 20.8. The van der Waals surface area contributed by atoms with Crippen molar-refractivity contribution in [3.63, 3.8) is 0 Å². The van der Waals surface area contributed by atoms with Gasteiger partial charge in [0.1, 0.15) is 18.3 Å². The van der Waals surface area contributed by atoms with Crippen LogP contribution in [-0.2, 0) is 28.6 Å². The molecular weight excluding hydrogens is 264 g/mol. The maximum atomic E-state index is 11.2. The van der Waals surface area contributed by atoms with Crippen molar-refractivity contribution in [2.45, 2.75) is 58.3 Å². The highest BCUT2D eigenvalue weighted by atomic mass is 16.6. The third-order valence-corrected chi connectivity index (χ3v) is 2.76. The molecular formula is C14H20O6. The Labute approximate surface area is 118 Å². The van der Waals surface area contributed by atoms with Crippen LogP contribution in [0.5, 0.6) is 0 Å². The minimum atomic E-state index is -0.453. The lowest BCUT2D eigenvalue weighted by Gasteiger charge is -2.25.